The van der Waals surface area contributed by atoms with Crippen molar-refractivity contribution in [3.8, 4) is 0 Å². The standard InChI is InChI=1S/C21H26N2O/c1-17-7-5-10-20(13-17)21(24)22-15-18-8-6-9-19(14-18)16-23-11-3-2-4-12-23/h5-10,13-14H,2-4,11-12,15-16H2,1H3,(H,22,24). The number of nitrogens with one attached hydrogen (secondary N) is 1. The summed E-state index contributed by atoms with van der Waals surface area (Å²) in [5.74, 6) is -0.0138. The topological polar surface area (TPSA) is 32.3 Å². The summed E-state index contributed by atoms with van der Waals surface area (Å²) in [4.78, 5) is 14.8. The maximum Gasteiger partial charge on any atom is 0.251 e. The van der Waals surface area contributed by atoms with E-state index < -0.39 is 0 Å². The number of hydrogen-bond donors (Lipinski definition) is 1. The summed E-state index contributed by atoms with van der Waals surface area (Å²) in [6, 6.07) is 16.3. The Balaban J connectivity index is 1.57. The van der Waals surface area contributed by atoms with E-state index in [0.717, 1.165) is 23.2 Å². The molecule has 1 heterocycles. The molecule has 1 aliphatic rings. The molecule has 0 bridgehead atoms. The van der Waals surface area contributed by atoms with Crippen molar-refractivity contribution in [2.24, 2.45) is 0 Å². The van der Waals surface area contributed by atoms with Crippen LogP contribution < -0.4 is 5.32 Å². The van der Waals surface area contributed by atoms with Gasteiger partial charge in [0.05, 0.1) is 0 Å². The highest BCUT2D eigenvalue weighted by Crippen LogP contribution is 2.14. The summed E-state index contributed by atoms with van der Waals surface area (Å²) < 4.78 is 0. The maximum atomic E-state index is 12.3. The van der Waals surface area contributed by atoms with Gasteiger partial charge in [-0.2, -0.15) is 0 Å². The van der Waals surface area contributed by atoms with E-state index in [2.05, 4.69) is 34.5 Å². The minimum atomic E-state index is -0.0138. The van der Waals surface area contributed by atoms with E-state index in [9.17, 15) is 4.79 Å². The number of carbonyl (C=O) groups is 1. The Morgan fingerprint density at radius 1 is 1.00 bits per heavy atom. The Bertz CT molecular complexity index is 690. The Hall–Kier alpha value is -2.13. The van der Waals surface area contributed by atoms with Crippen LogP contribution in [0.2, 0.25) is 0 Å². The van der Waals surface area contributed by atoms with Gasteiger partial charge in [0.25, 0.3) is 5.91 Å². The largest absolute Gasteiger partial charge is 0.348 e. The zero-order valence-corrected chi connectivity index (χ0v) is 14.4. The second-order valence-corrected chi connectivity index (χ2v) is 6.71. The van der Waals surface area contributed by atoms with Gasteiger partial charge in [-0.05, 0) is 56.1 Å². The van der Waals surface area contributed by atoms with Crippen LogP contribution in [0.3, 0.4) is 0 Å². The summed E-state index contributed by atoms with van der Waals surface area (Å²) in [7, 11) is 0. The van der Waals surface area contributed by atoms with Crippen molar-refractivity contribution >= 4 is 5.91 Å². The minimum absolute atomic E-state index is 0.0138. The van der Waals surface area contributed by atoms with E-state index in [-0.39, 0.29) is 5.91 Å². The zero-order valence-electron chi connectivity index (χ0n) is 14.4. The van der Waals surface area contributed by atoms with Gasteiger partial charge in [0, 0.05) is 18.7 Å². The van der Waals surface area contributed by atoms with Crippen LogP contribution in [-0.4, -0.2) is 23.9 Å². The number of benzene rings is 2. The molecule has 0 atom stereocenters. The predicted molar refractivity (Wildman–Crippen MR) is 97.9 cm³/mol. The van der Waals surface area contributed by atoms with E-state index in [4.69, 9.17) is 0 Å². The van der Waals surface area contributed by atoms with E-state index in [1.807, 2.05) is 31.2 Å². The average Bonchev–Trinajstić information content (AvgIpc) is 2.61. The molecule has 3 heteroatoms. The summed E-state index contributed by atoms with van der Waals surface area (Å²) in [5, 5.41) is 3.02. The van der Waals surface area contributed by atoms with Gasteiger partial charge in [-0.15, -0.1) is 0 Å². The van der Waals surface area contributed by atoms with Gasteiger partial charge in [0.2, 0.25) is 0 Å². The Labute approximate surface area is 144 Å². The lowest BCUT2D eigenvalue weighted by molar-refractivity contribution is 0.0951. The Morgan fingerprint density at radius 2 is 1.75 bits per heavy atom. The van der Waals surface area contributed by atoms with Crippen LogP contribution in [0.15, 0.2) is 48.5 Å². The van der Waals surface area contributed by atoms with Crippen molar-refractivity contribution in [1.82, 2.24) is 10.2 Å². The predicted octanol–water partition coefficient (Wildman–Crippen LogP) is 3.91. The quantitative estimate of drug-likeness (QED) is 0.905. The number of nitrogens with zero attached hydrogens (tertiary/aromatic N) is 1. The molecule has 1 amide bonds. The van der Waals surface area contributed by atoms with Crippen LogP contribution in [0.5, 0.6) is 0 Å². The van der Waals surface area contributed by atoms with Gasteiger partial charge >= 0.3 is 0 Å². The Morgan fingerprint density at radius 3 is 2.54 bits per heavy atom. The highest BCUT2D eigenvalue weighted by Gasteiger charge is 2.11. The molecular weight excluding hydrogens is 296 g/mol. The number of rotatable bonds is 5. The first-order valence-electron chi connectivity index (χ1n) is 8.86. The van der Waals surface area contributed by atoms with Crippen molar-refractivity contribution < 1.29 is 4.79 Å². The molecule has 1 aliphatic heterocycles. The molecule has 3 nitrogen and oxygen atoms in total. The number of aryl methyl sites for hydroxylation is 1. The SMILES string of the molecule is Cc1cccc(C(=O)NCc2cccc(CN3CCCCC3)c2)c1. The minimum Gasteiger partial charge on any atom is -0.348 e. The first-order chi connectivity index (χ1) is 11.7. The lowest BCUT2D eigenvalue weighted by atomic mass is 10.1. The fourth-order valence-electron chi connectivity index (χ4n) is 3.28. The van der Waals surface area contributed by atoms with Gasteiger partial charge in [-0.25, -0.2) is 0 Å². The van der Waals surface area contributed by atoms with E-state index in [1.165, 1.54) is 37.9 Å². The summed E-state index contributed by atoms with van der Waals surface area (Å²) in [5.41, 5.74) is 4.32. The van der Waals surface area contributed by atoms with Crippen molar-refractivity contribution in [2.75, 3.05) is 13.1 Å². The van der Waals surface area contributed by atoms with Crippen LogP contribution >= 0.6 is 0 Å². The lowest BCUT2D eigenvalue weighted by Gasteiger charge is -2.26. The first-order valence-corrected chi connectivity index (χ1v) is 8.86. The van der Waals surface area contributed by atoms with E-state index in [0.29, 0.717) is 6.54 Å². The molecule has 1 fully saturated rings. The fraction of sp³-hybridized carbons (Fsp3) is 0.381. The summed E-state index contributed by atoms with van der Waals surface area (Å²) >= 11 is 0. The normalized spacial score (nSPS) is 15.2. The summed E-state index contributed by atoms with van der Waals surface area (Å²) in [6.45, 7) is 5.99. The van der Waals surface area contributed by atoms with Gasteiger partial charge in [0.15, 0.2) is 0 Å². The third-order valence-corrected chi connectivity index (χ3v) is 4.58. The van der Waals surface area contributed by atoms with Crippen LogP contribution in [0.4, 0.5) is 0 Å². The van der Waals surface area contributed by atoms with Gasteiger partial charge < -0.3 is 5.32 Å². The molecule has 24 heavy (non-hydrogen) atoms. The molecule has 1 N–H and O–H groups in total. The molecule has 0 aliphatic carbocycles. The number of piperidine rings is 1. The number of likely N-dealkylation sites (tertiary alicyclic amines) is 1. The molecule has 0 radical (unpaired) electrons. The molecule has 0 aromatic heterocycles. The van der Waals surface area contributed by atoms with Crippen LogP contribution in [0.25, 0.3) is 0 Å². The van der Waals surface area contributed by atoms with Crippen LogP contribution in [0, 0.1) is 6.92 Å². The summed E-state index contributed by atoms with van der Waals surface area (Å²) in [6.07, 6.45) is 3.99. The molecule has 126 valence electrons. The fourth-order valence-corrected chi connectivity index (χ4v) is 3.28. The van der Waals surface area contributed by atoms with Crippen molar-refractivity contribution in [3.05, 3.63) is 70.8 Å². The lowest BCUT2D eigenvalue weighted by Crippen LogP contribution is -2.29. The average molecular weight is 322 g/mol. The third-order valence-electron chi connectivity index (χ3n) is 4.58. The molecule has 2 aromatic rings. The number of amides is 1. The van der Waals surface area contributed by atoms with Gasteiger partial charge in [-0.1, -0.05) is 48.4 Å². The highest BCUT2D eigenvalue weighted by atomic mass is 16.1. The number of hydrogen-bond acceptors (Lipinski definition) is 2. The molecule has 2 aromatic carbocycles. The maximum absolute atomic E-state index is 12.3. The van der Waals surface area contributed by atoms with Crippen molar-refractivity contribution in [3.63, 3.8) is 0 Å². The molecular formula is C21H26N2O. The number of carbonyl (C=O) groups excluding carboxylic acids is 1. The second kappa shape index (κ2) is 8.11. The molecule has 0 spiro atoms. The van der Waals surface area contributed by atoms with Crippen LogP contribution in [-0.2, 0) is 13.1 Å². The molecule has 3 rings (SSSR count). The molecule has 1 saturated heterocycles. The molecule has 0 unspecified atom stereocenters. The zero-order chi connectivity index (χ0) is 16.8. The molecule has 0 saturated carbocycles. The van der Waals surface area contributed by atoms with E-state index in [1.54, 1.807) is 0 Å². The van der Waals surface area contributed by atoms with Gasteiger partial charge in [0.1, 0.15) is 0 Å². The smallest absolute Gasteiger partial charge is 0.251 e. The first kappa shape index (κ1) is 16.7. The van der Waals surface area contributed by atoms with Crippen molar-refractivity contribution in [1.29, 1.82) is 0 Å². The second-order valence-electron chi connectivity index (χ2n) is 6.71. The van der Waals surface area contributed by atoms with Crippen molar-refractivity contribution in [2.45, 2.75) is 39.3 Å². The van der Waals surface area contributed by atoms with Crippen LogP contribution in [0.1, 0.15) is 46.3 Å². The Kier molecular flexibility index (Phi) is 5.65. The van der Waals surface area contributed by atoms with E-state index >= 15 is 0 Å². The van der Waals surface area contributed by atoms with Gasteiger partial charge in [-0.3, -0.25) is 9.69 Å². The monoisotopic (exact) mass is 322 g/mol. The highest BCUT2D eigenvalue weighted by molar-refractivity contribution is 5.94. The third kappa shape index (κ3) is 4.68.